The van der Waals surface area contributed by atoms with Gasteiger partial charge in [-0.1, -0.05) is 38.3 Å². The largest absolute Gasteiger partial charge is 0.396 e. The topological polar surface area (TPSA) is 58.0 Å². The minimum absolute atomic E-state index is 0.230. The van der Waals surface area contributed by atoms with Gasteiger partial charge in [0.1, 0.15) is 17.3 Å². The van der Waals surface area contributed by atoms with Gasteiger partial charge in [0.15, 0.2) is 0 Å². The first-order chi connectivity index (χ1) is 9.13. The molecule has 0 radical (unpaired) electrons. The maximum atomic E-state index is 9.47. The molecule has 1 fully saturated rings. The van der Waals surface area contributed by atoms with E-state index in [1.54, 1.807) is 0 Å². The average Bonchev–Trinajstić information content (AvgIpc) is 2.39. The lowest BCUT2D eigenvalue weighted by Gasteiger charge is -2.32. The summed E-state index contributed by atoms with van der Waals surface area (Å²) in [4.78, 5) is 8.39. The smallest absolute Gasteiger partial charge is 0.138 e. The van der Waals surface area contributed by atoms with Crippen LogP contribution in [0, 0.1) is 5.92 Å². The Morgan fingerprint density at radius 2 is 2.11 bits per heavy atom. The maximum Gasteiger partial charge on any atom is 0.138 e. The van der Waals surface area contributed by atoms with Crippen molar-refractivity contribution in [3.8, 4) is 0 Å². The van der Waals surface area contributed by atoms with Crippen LogP contribution in [-0.2, 0) is 0 Å². The van der Waals surface area contributed by atoms with Crippen LogP contribution in [0.25, 0.3) is 0 Å². The number of aliphatic hydroxyl groups is 1. The lowest BCUT2D eigenvalue weighted by atomic mass is 9.85. The highest BCUT2D eigenvalue weighted by Gasteiger charge is 2.26. The van der Waals surface area contributed by atoms with Crippen molar-refractivity contribution in [2.24, 2.45) is 5.92 Å². The Labute approximate surface area is 119 Å². The predicted molar refractivity (Wildman–Crippen MR) is 77.6 cm³/mol. The molecule has 0 spiro atoms. The fourth-order valence-electron chi connectivity index (χ4n) is 2.79. The van der Waals surface area contributed by atoms with E-state index in [1.807, 2.05) is 0 Å². The first-order valence-electron chi connectivity index (χ1n) is 7.01. The third kappa shape index (κ3) is 3.37. The van der Waals surface area contributed by atoms with Gasteiger partial charge >= 0.3 is 0 Å². The molecule has 19 heavy (non-hydrogen) atoms. The Morgan fingerprint density at radius 1 is 1.37 bits per heavy atom. The minimum atomic E-state index is 0.230. The van der Waals surface area contributed by atoms with Gasteiger partial charge in [-0.25, -0.2) is 9.97 Å². The van der Waals surface area contributed by atoms with Crippen molar-refractivity contribution in [3.05, 3.63) is 17.0 Å². The summed E-state index contributed by atoms with van der Waals surface area (Å²) in [7, 11) is 0. The second-order valence-corrected chi connectivity index (χ2v) is 5.92. The zero-order valence-electron chi connectivity index (χ0n) is 11.6. The van der Waals surface area contributed by atoms with E-state index in [9.17, 15) is 5.11 Å². The van der Waals surface area contributed by atoms with Crippen LogP contribution in [0.3, 0.4) is 0 Å². The minimum Gasteiger partial charge on any atom is -0.396 e. The number of aliphatic hydroxyl groups excluding tert-OH is 1. The van der Waals surface area contributed by atoms with E-state index in [-0.39, 0.29) is 18.6 Å². The summed E-state index contributed by atoms with van der Waals surface area (Å²) in [5.74, 6) is 1.40. The van der Waals surface area contributed by atoms with E-state index in [2.05, 4.69) is 29.1 Å². The quantitative estimate of drug-likeness (QED) is 0.833. The summed E-state index contributed by atoms with van der Waals surface area (Å²) < 4.78 is 0. The second kappa shape index (κ2) is 6.53. The Balaban J connectivity index is 2.20. The molecule has 1 heterocycles. The van der Waals surface area contributed by atoms with E-state index >= 15 is 0 Å². The molecule has 1 aliphatic rings. The molecule has 0 amide bonds. The Kier molecular flexibility index (Phi) is 4.99. The molecule has 1 saturated carbocycles. The van der Waals surface area contributed by atoms with E-state index in [1.165, 1.54) is 19.2 Å². The predicted octanol–water partition coefficient (Wildman–Crippen LogP) is 3.22. The van der Waals surface area contributed by atoms with Crippen LogP contribution in [0.1, 0.15) is 51.0 Å². The van der Waals surface area contributed by atoms with Gasteiger partial charge in [0, 0.05) is 24.1 Å². The second-order valence-electron chi connectivity index (χ2n) is 5.56. The van der Waals surface area contributed by atoms with Crippen molar-refractivity contribution in [2.45, 2.75) is 51.5 Å². The van der Waals surface area contributed by atoms with Crippen molar-refractivity contribution < 1.29 is 5.11 Å². The number of nitrogens with zero attached hydrogens (tertiary/aromatic N) is 2. The van der Waals surface area contributed by atoms with E-state index in [0.29, 0.717) is 11.1 Å². The summed E-state index contributed by atoms with van der Waals surface area (Å²) in [6, 6.07) is 0.280. The summed E-state index contributed by atoms with van der Waals surface area (Å²) >= 11 is 6.17. The van der Waals surface area contributed by atoms with Crippen molar-refractivity contribution in [1.82, 2.24) is 9.97 Å². The first-order valence-corrected chi connectivity index (χ1v) is 7.39. The van der Waals surface area contributed by atoms with Crippen molar-refractivity contribution in [3.63, 3.8) is 0 Å². The molecule has 1 aliphatic carbocycles. The normalized spacial score (nSPS) is 23.6. The molecule has 0 saturated heterocycles. The average molecular weight is 284 g/mol. The van der Waals surface area contributed by atoms with Gasteiger partial charge in [0.05, 0.1) is 0 Å². The summed E-state index contributed by atoms with van der Waals surface area (Å²) in [5, 5.41) is 13.5. The van der Waals surface area contributed by atoms with E-state index < -0.39 is 0 Å². The van der Waals surface area contributed by atoms with Gasteiger partial charge < -0.3 is 10.4 Å². The van der Waals surface area contributed by atoms with Crippen molar-refractivity contribution in [2.75, 3.05) is 11.9 Å². The summed E-state index contributed by atoms with van der Waals surface area (Å²) in [5.41, 5.74) is 0.964. The van der Waals surface area contributed by atoms with Crippen molar-refractivity contribution in [1.29, 1.82) is 0 Å². The number of nitrogens with one attached hydrogen (secondary N) is 1. The van der Waals surface area contributed by atoms with E-state index in [0.717, 1.165) is 24.2 Å². The van der Waals surface area contributed by atoms with Gasteiger partial charge in [-0.15, -0.1) is 0 Å². The third-order valence-electron chi connectivity index (χ3n) is 3.88. The molecule has 4 nitrogen and oxygen atoms in total. The van der Waals surface area contributed by atoms with Crippen LogP contribution < -0.4 is 5.32 Å². The van der Waals surface area contributed by atoms with Crippen molar-refractivity contribution >= 4 is 17.4 Å². The number of aromatic nitrogens is 2. The fraction of sp³-hybridized carbons (Fsp3) is 0.714. The highest BCUT2D eigenvalue weighted by atomic mass is 35.5. The van der Waals surface area contributed by atoms with Crippen LogP contribution in [0.15, 0.2) is 6.33 Å². The maximum absolute atomic E-state index is 9.47. The van der Waals surface area contributed by atoms with Gasteiger partial charge in [-0.05, 0) is 18.8 Å². The van der Waals surface area contributed by atoms with Crippen LogP contribution >= 0.6 is 11.6 Å². The number of hydrogen-bond donors (Lipinski definition) is 2. The molecular formula is C14H22ClN3O. The molecule has 1 aromatic heterocycles. The summed E-state index contributed by atoms with van der Waals surface area (Å²) in [6.07, 6.45) is 6.04. The summed E-state index contributed by atoms with van der Waals surface area (Å²) in [6.45, 7) is 4.40. The van der Waals surface area contributed by atoms with Gasteiger partial charge in [-0.3, -0.25) is 0 Å². The Hall–Kier alpha value is -0.870. The molecule has 2 N–H and O–H groups in total. The highest BCUT2D eigenvalue weighted by Crippen LogP contribution is 2.32. The van der Waals surface area contributed by atoms with Gasteiger partial charge in [0.25, 0.3) is 0 Å². The molecule has 2 atom stereocenters. The fourth-order valence-corrected chi connectivity index (χ4v) is 3.14. The van der Waals surface area contributed by atoms with E-state index in [4.69, 9.17) is 11.6 Å². The SMILES string of the molecule is CC(C)c1c(Cl)ncnc1NC1CCCCC1CO. The molecule has 2 rings (SSSR count). The Morgan fingerprint density at radius 3 is 2.79 bits per heavy atom. The third-order valence-corrected chi connectivity index (χ3v) is 4.18. The van der Waals surface area contributed by atoms with Crippen LogP contribution in [0.4, 0.5) is 5.82 Å². The zero-order valence-corrected chi connectivity index (χ0v) is 12.3. The lowest BCUT2D eigenvalue weighted by Crippen LogP contribution is -2.35. The molecule has 106 valence electrons. The molecule has 1 aromatic rings. The first kappa shape index (κ1) is 14.5. The lowest BCUT2D eigenvalue weighted by molar-refractivity contribution is 0.178. The number of anilines is 1. The van der Waals surface area contributed by atoms with Crippen LogP contribution in [0.2, 0.25) is 5.15 Å². The molecule has 0 bridgehead atoms. The van der Waals surface area contributed by atoms with Gasteiger partial charge in [0.2, 0.25) is 0 Å². The Bertz CT molecular complexity index is 425. The molecular weight excluding hydrogens is 262 g/mol. The standard InChI is InChI=1S/C14H22ClN3O/c1-9(2)12-13(15)16-8-17-14(12)18-11-6-4-3-5-10(11)7-19/h8-11,19H,3-7H2,1-2H3,(H,16,17,18). The van der Waals surface area contributed by atoms with Crippen LogP contribution in [-0.4, -0.2) is 27.7 Å². The van der Waals surface area contributed by atoms with Crippen LogP contribution in [0.5, 0.6) is 0 Å². The van der Waals surface area contributed by atoms with Gasteiger partial charge in [-0.2, -0.15) is 0 Å². The molecule has 0 aromatic carbocycles. The molecule has 0 aliphatic heterocycles. The number of hydrogen-bond acceptors (Lipinski definition) is 4. The zero-order chi connectivity index (χ0) is 13.8. The highest BCUT2D eigenvalue weighted by molar-refractivity contribution is 6.30. The number of rotatable bonds is 4. The number of halogens is 1. The monoisotopic (exact) mass is 283 g/mol. The molecule has 5 heteroatoms. The molecule has 2 unspecified atom stereocenters.